The monoisotopic (exact) mass is 367 g/mol. The number of aromatic nitrogens is 3. The molecule has 1 amide bonds. The number of hydrogen-bond donors (Lipinski definition) is 0. The Morgan fingerprint density at radius 2 is 2.07 bits per heavy atom. The first-order chi connectivity index (χ1) is 13.2. The molecule has 1 saturated heterocycles. The van der Waals surface area contributed by atoms with Gasteiger partial charge in [-0.05, 0) is 24.1 Å². The standard InChI is InChI=1S/C20H25N5O2/c1-3-10-27-20(26)25-8-6-24(7-9-25)19-4-5-21-18-12-15(11-17(18)19)16-13-22-23(2)14-16/h4-5,11,13-14H,3,6-10,12H2,1-2H3. The van der Waals surface area contributed by atoms with Crippen molar-refractivity contribution in [3.05, 3.63) is 41.5 Å². The van der Waals surface area contributed by atoms with Crippen LogP contribution in [0.2, 0.25) is 0 Å². The maximum Gasteiger partial charge on any atom is 0.409 e. The van der Waals surface area contributed by atoms with E-state index >= 15 is 0 Å². The Bertz CT molecular complexity index is 865. The number of amides is 1. The number of carbonyl (C=O) groups excluding carboxylic acids is 1. The van der Waals surface area contributed by atoms with Crippen LogP contribution in [0.5, 0.6) is 0 Å². The molecule has 2 aromatic heterocycles. The number of aryl methyl sites for hydroxylation is 1. The van der Waals surface area contributed by atoms with Gasteiger partial charge in [0, 0.05) is 68.9 Å². The molecule has 0 unspecified atom stereocenters. The lowest BCUT2D eigenvalue weighted by Gasteiger charge is -2.36. The van der Waals surface area contributed by atoms with E-state index in [1.165, 1.54) is 16.8 Å². The quantitative estimate of drug-likeness (QED) is 0.831. The number of piperazine rings is 1. The van der Waals surface area contributed by atoms with Gasteiger partial charge in [0.1, 0.15) is 0 Å². The molecule has 0 aromatic carbocycles. The highest BCUT2D eigenvalue weighted by molar-refractivity contribution is 5.91. The average molecular weight is 367 g/mol. The number of anilines is 1. The largest absolute Gasteiger partial charge is 0.449 e. The summed E-state index contributed by atoms with van der Waals surface area (Å²) in [6, 6.07) is 2.08. The van der Waals surface area contributed by atoms with Crippen LogP contribution >= 0.6 is 0 Å². The van der Waals surface area contributed by atoms with Crippen LogP contribution in [0, 0.1) is 0 Å². The third kappa shape index (κ3) is 3.54. The summed E-state index contributed by atoms with van der Waals surface area (Å²) < 4.78 is 7.08. The molecule has 27 heavy (non-hydrogen) atoms. The summed E-state index contributed by atoms with van der Waals surface area (Å²) >= 11 is 0. The van der Waals surface area contributed by atoms with Crippen LogP contribution in [-0.2, 0) is 18.2 Å². The molecule has 2 aromatic rings. The lowest BCUT2D eigenvalue weighted by Crippen LogP contribution is -2.49. The highest BCUT2D eigenvalue weighted by Gasteiger charge is 2.26. The summed E-state index contributed by atoms with van der Waals surface area (Å²) in [6.07, 6.45) is 9.54. The Morgan fingerprint density at radius 3 is 2.78 bits per heavy atom. The third-order valence-electron chi connectivity index (χ3n) is 5.11. The van der Waals surface area contributed by atoms with Crippen molar-refractivity contribution in [3.63, 3.8) is 0 Å². The number of fused-ring (bicyclic) bond motifs is 1. The van der Waals surface area contributed by atoms with E-state index in [0.717, 1.165) is 37.2 Å². The molecule has 0 atom stereocenters. The van der Waals surface area contributed by atoms with Crippen molar-refractivity contribution in [2.45, 2.75) is 19.8 Å². The molecule has 0 saturated carbocycles. The molecule has 0 radical (unpaired) electrons. The first-order valence-corrected chi connectivity index (χ1v) is 9.50. The fourth-order valence-corrected chi connectivity index (χ4v) is 3.67. The fraction of sp³-hybridized carbons (Fsp3) is 0.450. The Labute approximate surface area is 159 Å². The summed E-state index contributed by atoms with van der Waals surface area (Å²) in [5, 5.41) is 4.28. The summed E-state index contributed by atoms with van der Waals surface area (Å²) in [7, 11) is 1.93. The van der Waals surface area contributed by atoms with Gasteiger partial charge in [0.25, 0.3) is 0 Å². The minimum absolute atomic E-state index is 0.199. The van der Waals surface area contributed by atoms with Crippen LogP contribution in [0.1, 0.15) is 30.2 Å². The van der Waals surface area contributed by atoms with E-state index < -0.39 is 0 Å². The highest BCUT2D eigenvalue weighted by atomic mass is 16.6. The van der Waals surface area contributed by atoms with Gasteiger partial charge in [0.2, 0.25) is 0 Å². The second-order valence-electron chi connectivity index (χ2n) is 7.03. The maximum absolute atomic E-state index is 12.0. The average Bonchev–Trinajstić information content (AvgIpc) is 3.32. The van der Waals surface area contributed by atoms with Crippen LogP contribution in [0.3, 0.4) is 0 Å². The summed E-state index contributed by atoms with van der Waals surface area (Å²) in [6.45, 7) is 5.44. The zero-order valence-electron chi connectivity index (χ0n) is 15.9. The van der Waals surface area contributed by atoms with Gasteiger partial charge in [-0.3, -0.25) is 9.67 Å². The minimum Gasteiger partial charge on any atom is -0.449 e. The van der Waals surface area contributed by atoms with E-state index in [2.05, 4.69) is 27.1 Å². The second kappa shape index (κ2) is 7.42. The molecular formula is C20H25N5O2. The van der Waals surface area contributed by atoms with Crippen LogP contribution < -0.4 is 4.90 Å². The number of hydrogen-bond acceptors (Lipinski definition) is 5. The van der Waals surface area contributed by atoms with Crippen LogP contribution in [0.25, 0.3) is 11.6 Å². The second-order valence-corrected chi connectivity index (χ2v) is 7.03. The summed E-state index contributed by atoms with van der Waals surface area (Å²) in [5.41, 5.74) is 5.89. The molecule has 1 fully saturated rings. The molecule has 7 nitrogen and oxygen atoms in total. The van der Waals surface area contributed by atoms with E-state index in [0.29, 0.717) is 19.7 Å². The van der Waals surface area contributed by atoms with Crippen molar-refractivity contribution in [1.82, 2.24) is 19.7 Å². The molecule has 0 spiro atoms. The normalized spacial score (nSPS) is 16.3. The molecule has 0 N–H and O–H groups in total. The SMILES string of the molecule is CCCOC(=O)N1CCN(c2ccnc3c2C=C(c2cnn(C)c2)C3)CC1. The van der Waals surface area contributed by atoms with Crippen molar-refractivity contribution in [3.8, 4) is 0 Å². The molecule has 1 aliphatic carbocycles. The van der Waals surface area contributed by atoms with Crippen LogP contribution in [-0.4, -0.2) is 58.5 Å². The third-order valence-corrected chi connectivity index (χ3v) is 5.11. The molecule has 3 heterocycles. The number of allylic oxidation sites excluding steroid dienone is 1. The topological polar surface area (TPSA) is 63.5 Å². The number of ether oxygens (including phenoxy) is 1. The van der Waals surface area contributed by atoms with Gasteiger partial charge in [0.15, 0.2) is 0 Å². The van der Waals surface area contributed by atoms with E-state index in [1.807, 2.05) is 37.2 Å². The zero-order valence-corrected chi connectivity index (χ0v) is 15.9. The molecule has 142 valence electrons. The molecule has 2 aliphatic rings. The predicted octanol–water partition coefficient (Wildman–Crippen LogP) is 2.58. The van der Waals surface area contributed by atoms with Gasteiger partial charge in [-0.15, -0.1) is 0 Å². The smallest absolute Gasteiger partial charge is 0.409 e. The van der Waals surface area contributed by atoms with Crippen molar-refractivity contribution in [2.24, 2.45) is 7.05 Å². The molecule has 7 heteroatoms. The van der Waals surface area contributed by atoms with Gasteiger partial charge >= 0.3 is 6.09 Å². The number of nitrogens with zero attached hydrogens (tertiary/aromatic N) is 5. The fourth-order valence-electron chi connectivity index (χ4n) is 3.67. The van der Waals surface area contributed by atoms with Crippen molar-refractivity contribution >= 4 is 23.4 Å². The van der Waals surface area contributed by atoms with Gasteiger partial charge in [-0.2, -0.15) is 5.10 Å². The van der Waals surface area contributed by atoms with E-state index in [4.69, 9.17) is 4.74 Å². The number of rotatable bonds is 4. The van der Waals surface area contributed by atoms with E-state index in [1.54, 1.807) is 4.90 Å². The van der Waals surface area contributed by atoms with Gasteiger partial charge in [-0.1, -0.05) is 6.92 Å². The Balaban J connectivity index is 1.48. The van der Waals surface area contributed by atoms with Gasteiger partial charge in [-0.25, -0.2) is 4.79 Å². The first kappa shape index (κ1) is 17.6. The molecular weight excluding hydrogens is 342 g/mol. The van der Waals surface area contributed by atoms with Crippen molar-refractivity contribution in [1.29, 1.82) is 0 Å². The minimum atomic E-state index is -0.199. The van der Waals surface area contributed by atoms with Crippen molar-refractivity contribution in [2.75, 3.05) is 37.7 Å². The van der Waals surface area contributed by atoms with E-state index in [-0.39, 0.29) is 6.09 Å². The highest BCUT2D eigenvalue weighted by Crippen LogP contribution is 2.36. The van der Waals surface area contributed by atoms with Gasteiger partial charge in [0.05, 0.1) is 18.5 Å². The Morgan fingerprint density at radius 1 is 1.26 bits per heavy atom. The summed E-state index contributed by atoms with van der Waals surface area (Å²) in [4.78, 5) is 20.8. The number of pyridine rings is 1. The lowest BCUT2D eigenvalue weighted by atomic mass is 10.1. The predicted molar refractivity (Wildman–Crippen MR) is 104 cm³/mol. The maximum atomic E-state index is 12.0. The Kier molecular flexibility index (Phi) is 4.83. The van der Waals surface area contributed by atoms with Crippen LogP contribution in [0.15, 0.2) is 24.7 Å². The first-order valence-electron chi connectivity index (χ1n) is 9.50. The van der Waals surface area contributed by atoms with Crippen molar-refractivity contribution < 1.29 is 9.53 Å². The van der Waals surface area contributed by atoms with E-state index in [9.17, 15) is 4.79 Å². The van der Waals surface area contributed by atoms with Crippen LogP contribution in [0.4, 0.5) is 10.5 Å². The number of carbonyl (C=O) groups is 1. The Hall–Kier alpha value is -2.83. The lowest BCUT2D eigenvalue weighted by molar-refractivity contribution is 0.100. The molecule has 1 aliphatic heterocycles. The summed E-state index contributed by atoms with van der Waals surface area (Å²) in [5.74, 6) is 0. The van der Waals surface area contributed by atoms with Gasteiger partial charge < -0.3 is 14.5 Å². The molecule has 4 rings (SSSR count). The zero-order chi connectivity index (χ0) is 18.8. The molecule has 0 bridgehead atoms.